The maximum Gasteiger partial charge on any atom is 0.310 e. The molecule has 2 heteroatoms. The molecule has 1 atom stereocenters. The van der Waals surface area contributed by atoms with Crippen molar-refractivity contribution in [3.8, 4) is 0 Å². The highest BCUT2D eigenvalue weighted by Gasteiger charge is 2.20. The van der Waals surface area contributed by atoms with Crippen molar-refractivity contribution >= 4 is 5.97 Å². The topological polar surface area (TPSA) is 37.3 Å². The van der Waals surface area contributed by atoms with Gasteiger partial charge in [0.05, 0.1) is 5.92 Å². The molecule has 0 aliphatic carbocycles. The molecule has 2 nitrogen and oxygen atoms in total. The van der Waals surface area contributed by atoms with Gasteiger partial charge in [0.15, 0.2) is 0 Å². The second kappa shape index (κ2) is 7.10. The Hall–Kier alpha value is -1.31. The van der Waals surface area contributed by atoms with Crippen LogP contribution in [-0.2, 0) is 11.2 Å². The Kier molecular flexibility index (Phi) is 5.75. The van der Waals surface area contributed by atoms with Crippen LogP contribution in [-0.4, -0.2) is 11.1 Å². The van der Waals surface area contributed by atoms with Crippen molar-refractivity contribution in [2.45, 2.75) is 51.9 Å². The molecule has 17 heavy (non-hydrogen) atoms. The number of hydrogen-bond acceptors (Lipinski definition) is 1. The lowest BCUT2D eigenvalue weighted by atomic mass is 9.89. The number of carboxylic acid groups (broad SMARTS) is 1. The smallest absolute Gasteiger partial charge is 0.310 e. The van der Waals surface area contributed by atoms with Crippen LogP contribution in [0.4, 0.5) is 0 Å². The molecule has 0 bridgehead atoms. The van der Waals surface area contributed by atoms with Gasteiger partial charge in [0.1, 0.15) is 0 Å². The SMILES string of the molecule is CCCCc1ccccc1C(CCC)C(=O)O. The molecule has 0 heterocycles. The number of aryl methyl sites for hydroxylation is 1. The Bertz CT molecular complexity index is 358. The molecule has 1 aromatic carbocycles. The zero-order valence-corrected chi connectivity index (χ0v) is 10.8. The highest BCUT2D eigenvalue weighted by Crippen LogP contribution is 2.26. The number of carbonyl (C=O) groups is 1. The Morgan fingerprint density at radius 2 is 1.94 bits per heavy atom. The maximum atomic E-state index is 11.3. The molecule has 1 N–H and O–H groups in total. The molecule has 0 saturated heterocycles. The number of hydrogen-bond donors (Lipinski definition) is 1. The summed E-state index contributed by atoms with van der Waals surface area (Å²) in [7, 11) is 0. The van der Waals surface area contributed by atoms with Crippen molar-refractivity contribution in [1.29, 1.82) is 0 Å². The summed E-state index contributed by atoms with van der Waals surface area (Å²) < 4.78 is 0. The molecule has 94 valence electrons. The van der Waals surface area contributed by atoms with Crippen LogP contribution in [0, 0.1) is 0 Å². The Morgan fingerprint density at radius 1 is 1.24 bits per heavy atom. The molecule has 0 aliphatic heterocycles. The lowest BCUT2D eigenvalue weighted by Crippen LogP contribution is -2.13. The first-order valence-electron chi connectivity index (χ1n) is 6.51. The standard InChI is InChI=1S/C15H22O2/c1-3-5-9-12-10-6-7-11-13(12)14(8-4-2)15(16)17/h6-7,10-11,14H,3-5,8-9H2,1-2H3,(H,16,17). The van der Waals surface area contributed by atoms with Gasteiger partial charge in [-0.1, -0.05) is 51.0 Å². The first kappa shape index (κ1) is 13.8. The Labute approximate surface area is 104 Å². The van der Waals surface area contributed by atoms with E-state index >= 15 is 0 Å². The third kappa shape index (κ3) is 3.88. The van der Waals surface area contributed by atoms with E-state index < -0.39 is 5.97 Å². The zero-order valence-electron chi connectivity index (χ0n) is 10.8. The molecule has 0 amide bonds. The van der Waals surface area contributed by atoms with Gasteiger partial charge >= 0.3 is 5.97 Å². The van der Waals surface area contributed by atoms with Crippen LogP contribution in [0.2, 0.25) is 0 Å². The average molecular weight is 234 g/mol. The van der Waals surface area contributed by atoms with Crippen molar-refractivity contribution in [3.05, 3.63) is 35.4 Å². The van der Waals surface area contributed by atoms with E-state index in [1.54, 1.807) is 0 Å². The summed E-state index contributed by atoms with van der Waals surface area (Å²) in [5.41, 5.74) is 2.21. The molecule has 1 rings (SSSR count). The molecule has 1 unspecified atom stereocenters. The van der Waals surface area contributed by atoms with E-state index in [0.717, 1.165) is 37.7 Å². The first-order valence-corrected chi connectivity index (χ1v) is 6.51. The van der Waals surface area contributed by atoms with E-state index in [1.807, 2.05) is 25.1 Å². The monoisotopic (exact) mass is 234 g/mol. The third-order valence-electron chi connectivity index (χ3n) is 3.11. The minimum absolute atomic E-state index is 0.340. The van der Waals surface area contributed by atoms with Gasteiger partial charge in [-0.3, -0.25) is 4.79 Å². The fourth-order valence-corrected chi connectivity index (χ4v) is 2.17. The lowest BCUT2D eigenvalue weighted by molar-refractivity contribution is -0.139. The van der Waals surface area contributed by atoms with Crippen molar-refractivity contribution in [2.75, 3.05) is 0 Å². The minimum Gasteiger partial charge on any atom is -0.481 e. The van der Waals surface area contributed by atoms with E-state index in [0.29, 0.717) is 0 Å². The van der Waals surface area contributed by atoms with Gasteiger partial charge in [-0.2, -0.15) is 0 Å². The van der Waals surface area contributed by atoms with Crippen molar-refractivity contribution in [1.82, 2.24) is 0 Å². The number of aliphatic carboxylic acids is 1. The summed E-state index contributed by atoms with van der Waals surface area (Å²) in [4.78, 5) is 11.3. The van der Waals surface area contributed by atoms with Crippen LogP contribution < -0.4 is 0 Å². The molecule has 0 radical (unpaired) electrons. The van der Waals surface area contributed by atoms with Gasteiger partial charge < -0.3 is 5.11 Å². The second-order valence-electron chi connectivity index (χ2n) is 4.48. The van der Waals surface area contributed by atoms with Gasteiger partial charge in [0.2, 0.25) is 0 Å². The third-order valence-corrected chi connectivity index (χ3v) is 3.11. The summed E-state index contributed by atoms with van der Waals surface area (Å²) in [6.07, 6.45) is 4.87. The minimum atomic E-state index is -0.698. The summed E-state index contributed by atoms with van der Waals surface area (Å²) in [6, 6.07) is 7.98. The van der Waals surface area contributed by atoms with Crippen LogP contribution in [0.1, 0.15) is 56.6 Å². The van der Waals surface area contributed by atoms with Crippen molar-refractivity contribution in [2.24, 2.45) is 0 Å². The number of unbranched alkanes of at least 4 members (excludes halogenated alkanes) is 1. The average Bonchev–Trinajstić information content (AvgIpc) is 2.33. The van der Waals surface area contributed by atoms with Crippen molar-refractivity contribution < 1.29 is 9.90 Å². The summed E-state index contributed by atoms with van der Waals surface area (Å²) in [6.45, 7) is 4.19. The van der Waals surface area contributed by atoms with Gasteiger partial charge in [-0.25, -0.2) is 0 Å². The molecular weight excluding hydrogens is 212 g/mol. The van der Waals surface area contributed by atoms with Crippen LogP contribution in [0.5, 0.6) is 0 Å². The molecule has 1 aromatic rings. The summed E-state index contributed by atoms with van der Waals surface area (Å²) >= 11 is 0. The van der Waals surface area contributed by atoms with E-state index in [1.165, 1.54) is 5.56 Å². The number of rotatable bonds is 7. The van der Waals surface area contributed by atoms with Gasteiger partial charge in [-0.15, -0.1) is 0 Å². The molecule has 0 aromatic heterocycles. The summed E-state index contributed by atoms with van der Waals surface area (Å²) in [5, 5.41) is 9.31. The van der Waals surface area contributed by atoms with Crippen LogP contribution >= 0.6 is 0 Å². The number of benzene rings is 1. The molecule has 0 aliphatic rings. The largest absolute Gasteiger partial charge is 0.481 e. The van der Waals surface area contributed by atoms with E-state index in [9.17, 15) is 9.90 Å². The molecular formula is C15H22O2. The van der Waals surface area contributed by atoms with Gasteiger partial charge in [0.25, 0.3) is 0 Å². The molecule has 0 fully saturated rings. The Balaban J connectivity index is 2.96. The zero-order chi connectivity index (χ0) is 12.7. The van der Waals surface area contributed by atoms with Gasteiger partial charge in [-0.05, 0) is 30.4 Å². The molecule has 0 saturated carbocycles. The maximum absolute atomic E-state index is 11.3. The highest BCUT2D eigenvalue weighted by atomic mass is 16.4. The number of carboxylic acids is 1. The van der Waals surface area contributed by atoms with E-state index in [-0.39, 0.29) is 5.92 Å². The predicted octanol–water partition coefficient (Wildman–Crippen LogP) is 4.00. The lowest BCUT2D eigenvalue weighted by Gasteiger charge is -2.16. The summed E-state index contributed by atoms with van der Waals surface area (Å²) in [5.74, 6) is -1.04. The molecule has 0 spiro atoms. The van der Waals surface area contributed by atoms with E-state index in [4.69, 9.17) is 0 Å². The normalized spacial score (nSPS) is 12.4. The van der Waals surface area contributed by atoms with E-state index in [2.05, 4.69) is 13.0 Å². The highest BCUT2D eigenvalue weighted by molar-refractivity contribution is 5.76. The van der Waals surface area contributed by atoms with Crippen LogP contribution in [0.15, 0.2) is 24.3 Å². The predicted molar refractivity (Wildman–Crippen MR) is 70.3 cm³/mol. The Morgan fingerprint density at radius 3 is 2.53 bits per heavy atom. The second-order valence-corrected chi connectivity index (χ2v) is 4.48. The van der Waals surface area contributed by atoms with Gasteiger partial charge in [0, 0.05) is 0 Å². The fourth-order valence-electron chi connectivity index (χ4n) is 2.17. The fraction of sp³-hybridized carbons (Fsp3) is 0.533. The van der Waals surface area contributed by atoms with Crippen LogP contribution in [0.25, 0.3) is 0 Å². The van der Waals surface area contributed by atoms with Crippen molar-refractivity contribution in [3.63, 3.8) is 0 Å². The quantitative estimate of drug-likeness (QED) is 0.774. The van der Waals surface area contributed by atoms with Crippen LogP contribution in [0.3, 0.4) is 0 Å². The first-order chi connectivity index (χ1) is 8.20.